The Hall–Kier alpha value is -2.77. The van der Waals surface area contributed by atoms with Crippen molar-refractivity contribution in [1.29, 1.82) is 0 Å². The van der Waals surface area contributed by atoms with Gasteiger partial charge in [0.2, 0.25) is 11.8 Å². The lowest BCUT2D eigenvalue weighted by Crippen LogP contribution is -2.51. The highest BCUT2D eigenvalue weighted by Crippen LogP contribution is 2.41. The number of nitrogens with zero attached hydrogens (tertiary/aromatic N) is 3. The van der Waals surface area contributed by atoms with E-state index >= 15 is 0 Å². The maximum absolute atomic E-state index is 12.7. The van der Waals surface area contributed by atoms with Crippen LogP contribution in [0.4, 0.5) is 16.2 Å². The summed E-state index contributed by atoms with van der Waals surface area (Å²) in [5, 5.41) is 2.90. The first-order valence-electron chi connectivity index (χ1n) is 9.69. The second-order valence-corrected chi connectivity index (χ2v) is 7.39. The summed E-state index contributed by atoms with van der Waals surface area (Å²) in [6.45, 7) is 4.00. The lowest BCUT2D eigenvalue weighted by molar-refractivity contribution is -0.135. The summed E-state index contributed by atoms with van der Waals surface area (Å²) in [6.07, 6.45) is 0.247. The van der Waals surface area contributed by atoms with Crippen molar-refractivity contribution in [2.75, 3.05) is 57.1 Å². The second-order valence-electron chi connectivity index (χ2n) is 7.39. The number of carbonyl (C=O) groups is 3. The van der Waals surface area contributed by atoms with Gasteiger partial charge >= 0.3 is 6.09 Å². The molecule has 0 bridgehead atoms. The van der Waals surface area contributed by atoms with Crippen molar-refractivity contribution in [3.63, 3.8) is 0 Å². The van der Waals surface area contributed by atoms with Crippen LogP contribution in [0.15, 0.2) is 24.3 Å². The van der Waals surface area contributed by atoms with Crippen molar-refractivity contribution >= 4 is 29.3 Å². The summed E-state index contributed by atoms with van der Waals surface area (Å²) >= 11 is 0. The Bertz CT molecular complexity index is 726. The first-order valence-corrected chi connectivity index (χ1v) is 9.69. The summed E-state index contributed by atoms with van der Waals surface area (Å²) in [4.78, 5) is 42.2. The van der Waals surface area contributed by atoms with Crippen LogP contribution < -0.4 is 10.2 Å². The smallest absolute Gasteiger partial charge is 0.409 e. The van der Waals surface area contributed by atoms with Crippen LogP contribution in [0.3, 0.4) is 0 Å². The van der Waals surface area contributed by atoms with Gasteiger partial charge in [-0.3, -0.25) is 9.59 Å². The molecule has 2 fully saturated rings. The van der Waals surface area contributed by atoms with Gasteiger partial charge in [0, 0.05) is 51.6 Å². The van der Waals surface area contributed by atoms with Crippen LogP contribution in [0, 0.1) is 11.8 Å². The molecule has 3 amide bonds. The normalized spacial score (nSPS) is 21.1. The van der Waals surface area contributed by atoms with Crippen molar-refractivity contribution in [2.45, 2.75) is 13.3 Å². The number of carbonyl (C=O) groups excluding carboxylic acids is 3. The minimum Gasteiger partial charge on any atom is -0.450 e. The molecule has 8 nitrogen and oxygen atoms in total. The van der Waals surface area contributed by atoms with Gasteiger partial charge < -0.3 is 24.8 Å². The Labute approximate surface area is 165 Å². The van der Waals surface area contributed by atoms with Gasteiger partial charge in [-0.15, -0.1) is 0 Å². The topological polar surface area (TPSA) is 82.2 Å². The molecule has 152 valence electrons. The van der Waals surface area contributed by atoms with E-state index in [9.17, 15) is 14.4 Å². The number of hydrogen-bond donors (Lipinski definition) is 1. The van der Waals surface area contributed by atoms with E-state index in [1.54, 1.807) is 16.7 Å². The average molecular weight is 388 g/mol. The fourth-order valence-corrected chi connectivity index (χ4v) is 3.39. The fourth-order valence-electron chi connectivity index (χ4n) is 3.39. The standard InChI is InChI=1S/C20H28N4O4/c1-4-28-20(27)24-11-9-23(10-12-24)19(26)17-13-16(17)18(25)21-14-5-7-15(8-6-14)22(2)3/h5-8,16-17H,4,9-13H2,1-3H3,(H,21,25). The van der Waals surface area contributed by atoms with Gasteiger partial charge in [0.25, 0.3) is 0 Å². The molecule has 1 aliphatic carbocycles. The summed E-state index contributed by atoms with van der Waals surface area (Å²) < 4.78 is 4.99. The first-order chi connectivity index (χ1) is 13.4. The maximum Gasteiger partial charge on any atom is 0.409 e. The third kappa shape index (κ3) is 4.55. The number of piperazine rings is 1. The molecular weight excluding hydrogens is 360 g/mol. The number of nitrogens with one attached hydrogen (secondary N) is 1. The Morgan fingerprint density at radius 2 is 1.64 bits per heavy atom. The van der Waals surface area contributed by atoms with Crippen LogP contribution >= 0.6 is 0 Å². The Morgan fingerprint density at radius 1 is 1.04 bits per heavy atom. The van der Waals surface area contributed by atoms with E-state index in [-0.39, 0.29) is 29.7 Å². The summed E-state index contributed by atoms with van der Waals surface area (Å²) in [7, 11) is 3.92. The van der Waals surface area contributed by atoms with Gasteiger partial charge in [-0.2, -0.15) is 0 Å². The Morgan fingerprint density at radius 3 is 2.21 bits per heavy atom. The van der Waals surface area contributed by atoms with Gasteiger partial charge in [0.05, 0.1) is 18.4 Å². The van der Waals surface area contributed by atoms with Crippen LogP contribution in [-0.2, 0) is 14.3 Å². The van der Waals surface area contributed by atoms with Crippen LogP contribution in [0.25, 0.3) is 0 Å². The molecule has 2 unspecified atom stereocenters. The molecule has 28 heavy (non-hydrogen) atoms. The zero-order chi connectivity index (χ0) is 20.3. The minimum absolute atomic E-state index is 0.00612. The zero-order valence-corrected chi connectivity index (χ0v) is 16.7. The van der Waals surface area contributed by atoms with Crippen molar-refractivity contribution in [3.05, 3.63) is 24.3 Å². The maximum atomic E-state index is 12.7. The molecule has 2 aliphatic rings. The first kappa shape index (κ1) is 20.0. The van der Waals surface area contributed by atoms with Crippen LogP contribution in [-0.4, -0.2) is 74.6 Å². The van der Waals surface area contributed by atoms with E-state index < -0.39 is 0 Å². The van der Waals surface area contributed by atoms with Crippen molar-refractivity contribution in [1.82, 2.24) is 9.80 Å². The molecule has 0 aromatic heterocycles. The molecule has 0 spiro atoms. The molecular formula is C20H28N4O4. The number of hydrogen-bond acceptors (Lipinski definition) is 5. The lowest BCUT2D eigenvalue weighted by atomic mass is 10.2. The molecule has 3 rings (SSSR count). The number of amides is 3. The Balaban J connectivity index is 1.46. The third-order valence-electron chi connectivity index (χ3n) is 5.21. The van der Waals surface area contributed by atoms with Gasteiger partial charge in [-0.1, -0.05) is 0 Å². The van der Waals surface area contributed by atoms with E-state index in [4.69, 9.17) is 4.74 Å². The molecule has 2 atom stereocenters. The van der Waals surface area contributed by atoms with Crippen LogP contribution in [0.2, 0.25) is 0 Å². The quantitative estimate of drug-likeness (QED) is 0.829. The molecule has 0 radical (unpaired) electrons. The highest BCUT2D eigenvalue weighted by atomic mass is 16.6. The van der Waals surface area contributed by atoms with Gasteiger partial charge in [0.15, 0.2) is 0 Å². The van der Waals surface area contributed by atoms with Crippen molar-refractivity contribution in [2.24, 2.45) is 11.8 Å². The summed E-state index contributed by atoms with van der Waals surface area (Å²) in [6, 6.07) is 7.60. The molecule has 1 saturated heterocycles. The molecule has 1 aromatic carbocycles. The predicted octanol–water partition coefficient (Wildman–Crippen LogP) is 1.63. The van der Waals surface area contributed by atoms with E-state index in [0.29, 0.717) is 39.2 Å². The average Bonchev–Trinajstić information content (AvgIpc) is 3.49. The highest BCUT2D eigenvalue weighted by molar-refractivity contribution is 5.99. The molecule has 1 aliphatic heterocycles. The third-order valence-corrected chi connectivity index (χ3v) is 5.21. The van der Waals surface area contributed by atoms with E-state index in [1.165, 1.54) is 0 Å². The van der Waals surface area contributed by atoms with Crippen LogP contribution in [0.1, 0.15) is 13.3 Å². The van der Waals surface area contributed by atoms with E-state index in [0.717, 1.165) is 11.4 Å². The zero-order valence-electron chi connectivity index (χ0n) is 16.7. The molecule has 1 N–H and O–H groups in total. The monoisotopic (exact) mass is 388 g/mol. The number of ether oxygens (including phenoxy) is 1. The summed E-state index contributed by atoms with van der Waals surface area (Å²) in [5.41, 5.74) is 1.79. The molecule has 1 aromatic rings. The molecule has 1 heterocycles. The van der Waals surface area contributed by atoms with Crippen LogP contribution in [0.5, 0.6) is 0 Å². The largest absolute Gasteiger partial charge is 0.450 e. The van der Waals surface area contributed by atoms with Crippen molar-refractivity contribution < 1.29 is 19.1 Å². The SMILES string of the molecule is CCOC(=O)N1CCN(C(=O)C2CC2C(=O)Nc2ccc(N(C)C)cc2)CC1. The van der Waals surface area contributed by atoms with Crippen molar-refractivity contribution in [3.8, 4) is 0 Å². The highest BCUT2D eigenvalue weighted by Gasteiger charge is 2.49. The van der Waals surface area contributed by atoms with E-state index in [1.807, 2.05) is 43.3 Å². The summed E-state index contributed by atoms with van der Waals surface area (Å²) in [5.74, 6) is -0.632. The number of anilines is 2. The molecule has 8 heteroatoms. The number of benzene rings is 1. The van der Waals surface area contributed by atoms with Gasteiger partial charge in [0.1, 0.15) is 0 Å². The fraction of sp³-hybridized carbons (Fsp3) is 0.550. The predicted molar refractivity (Wildman–Crippen MR) is 106 cm³/mol. The second kappa shape index (κ2) is 8.50. The van der Waals surface area contributed by atoms with Gasteiger partial charge in [-0.05, 0) is 37.6 Å². The minimum atomic E-state index is -0.335. The number of rotatable bonds is 5. The molecule has 1 saturated carbocycles. The van der Waals surface area contributed by atoms with Gasteiger partial charge in [-0.25, -0.2) is 4.79 Å². The lowest BCUT2D eigenvalue weighted by Gasteiger charge is -2.34. The van der Waals surface area contributed by atoms with E-state index in [2.05, 4.69) is 5.32 Å². The Kier molecular flexibility index (Phi) is 6.06.